The molecule has 7 heteroatoms. The highest BCUT2D eigenvalue weighted by atomic mass is 16.2. The lowest BCUT2D eigenvalue weighted by atomic mass is 10.1. The van der Waals surface area contributed by atoms with Gasteiger partial charge in [0.2, 0.25) is 0 Å². The van der Waals surface area contributed by atoms with Crippen LogP contribution in [-0.2, 0) is 0 Å². The minimum Gasteiger partial charge on any atom is -0.353 e. The first-order chi connectivity index (χ1) is 13.5. The van der Waals surface area contributed by atoms with Crippen LogP contribution in [0.4, 0.5) is 5.82 Å². The molecular formula is C21H24N6O. The van der Waals surface area contributed by atoms with Gasteiger partial charge in [0.05, 0.1) is 0 Å². The number of imidazole rings is 1. The Morgan fingerprint density at radius 1 is 0.893 bits per heavy atom. The van der Waals surface area contributed by atoms with E-state index in [2.05, 4.69) is 25.9 Å². The number of piperazine rings is 1. The van der Waals surface area contributed by atoms with Crippen molar-refractivity contribution < 1.29 is 4.79 Å². The number of carbonyl (C=O) groups excluding carboxylic acids is 1. The molecule has 1 fully saturated rings. The number of rotatable bonds is 3. The predicted octanol–water partition coefficient (Wildman–Crippen LogP) is 2.55. The maximum atomic E-state index is 12.9. The van der Waals surface area contributed by atoms with Crippen molar-refractivity contribution in [3.05, 3.63) is 65.5 Å². The lowest BCUT2D eigenvalue weighted by Crippen LogP contribution is -2.49. The van der Waals surface area contributed by atoms with Crippen LogP contribution in [0.25, 0.3) is 5.82 Å². The molecule has 0 atom stereocenters. The largest absolute Gasteiger partial charge is 0.353 e. The van der Waals surface area contributed by atoms with Crippen molar-refractivity contribution in [2.45, 2.75) is 20.8 Å². The summed E-state index contributed by atoms with van der Waals surface area (Å²) in [6.07, 6.45) is 5.33. The van der Waals surface area contributed by atoms with Crippen LogP contribution in [0.3, 0.4) is 0 Å². The Bertz CT molecular complexity index is 970. The highest BCUT2D eigenvalue weighted by Gasteiger charge is 2.23. The van der Waals surface area contributed by atoms with Gasteiger partial charge in [0.1, 0.15) is 23.8 Å². The number of hydrogen-bond donors (Lipinski definition) is 0. The topological polar surface area (TPSA) is 67.2 Å². The third-order valence-electron chi connectivity index (χ3n) is 4.94. The van der Waals surface area contributed by atoms with Crippen LogP contribution in [0.1, 0.15) is 27.3 Å². The Morgan fingerprint density at radius 3 is 2.21 bits per heavy atom. The number of carbonyl (C=O) groups is 1. The number of aromatic nitrogens is 4. The molecule has 1 aromatic carbocycles. The van der Waals surface area contributed by atoms with E-state index in [0.717, 1.165) is 47.2 Å². The third-order valence-corrected chi connectivity index (χ3v) is 4.94. The molecule has 1 aliphatic heterocycles. The molecular weight excluding hydrogens is 352 g/mol. The van der Waals surface area contributed by atoms with E-state index in [9.17, 15) is 4.79 Å². The number of nitrogens with zero attached hydrogens (tertiary/aromatic N) is 6. The molecule has 0 N–H and O–H groups in total. The van der Waals surface area contributed by atoms with Gasteiger partial charge in [-0.15, -0.1) is 0 Å². The summed E-state index contributed by atoms with van der Waals surface area (Å²) in [7, 11) is 0. The predicted molar refractivity (Wildman–Crippen MR) is 108 cm³/mol. The normalized spacial score (nSPS) is 14.4. The fraction of sp³-hybridized carbons (Fsp3) is 0.333. The van der Waals surface area contributed by atoms with Crippen LogP contribution in [-0.4, -0.2) is 56.5 Å². The summed E-state index contributed by atoms with van der Waals surface area (Å²) in [4.78, 5) is 30.2. The highest BCUT2D eigenvalue weighted by Crippen LogP contribution is 2.19. The zero-order chi connectivity index (χ0) is 19.7. The Hall–Kier alpha value is -3.22. The van der Waals surface area contributed by atoms with E-state index < -0.39 is 0 Å². The number of aryl methyl sites for hydroxylation is 3. The van der Waals surface area contributed by atoms with Gasteiger partial charge in [0.25, 0.3) is 5.91 Å². The minimum absolute atomic E-state index is 0.101. The van der Waals surface area contributed by atoms with Gasteiger partial charge >= 0.3 is 0 Å². The molecule has 0 aliphatic carbocycles. The van der Waals surface area contributed by atoms with E-state index >= 15 is 0 Å². The first kappa shape index (κ1) is 18.2. The molecule has 3 aromatic rings. The van der Waals surface area contributed by atoms with E-state index in [-0.39, 0.29) is 5.91 Å². The molecule has 3 heterocycles. The Balaban J connectivity index is 1.48. The van der Waals surface area contributed by atoms with Gasteiger partial charge in [-0.2, -0.15) is 0 Å². The average Bonchev–Trinajstić information content (AvgIpc) is 3.21. The van der Waals surface area contributed by atoms with Crippen molar-refractivity contribution in [3.63, 3.8) is 0 Å². The van der Waals surface area contributed by atoms with E-state index in [0.29, 0.717) is 13.1 Å². The standard InChI is InChI=1S/C21H24N6O/c1-15-10-16(2)12-18(11-15)21(28)26-8-6-25(7-9-26)19-13-20(24-17(3)23-19)27-5-4-22-14-27/h4-5,10-14H,6-9H2,1-3H3. The Kier molecular flexibility index (Phi) is 4.81. The van der Waals surface area contributed by atoms with Crippen molar-refractivity contribution in [3.8, 4) is 5.82 Å². The maximum absolute atomic E-state index is 12.9. The highest BCUT2D eigenvalue weighted by molar-refractivity contribution is 5.94. The SMILES string of the molecule is Cc1cc(C)cc(C(=O)N2CCN(c3cc(-n4ccnc4)nc(C)n3)CC2)c1. The minimum atomic E-state index is 0.101. The molecule has 144 valence electrons. The number of benzene rings is 1. The van der Waals surface area contributed by atoms with Gasteiger partial charge in [-0.25, -0.2) is 15.0 Å². The molecule has 0 radical (unpaired) electrons. The van der Waals surface area contributed by atoms with E-state index in [1.54, 1.807) is 12.5 Å². The van der Waals surface area contributed by atoms with E-state index in [1.165, 1.54) is 0 Å². The maximum Gasteiger partial charge on any atom is 0.253 e. The summed E-state index contributed by atoms with van der Waals surface area (Å²) in [5.41, 5.74) is 3.00. The van der Waals surface area contributed by atoms with Crippen molar-refractivity contribution in [1.29, 1.82) is 0 Å². The molecule has 7 nitrogen and oxygen atoms in total. The second kappa shape index (κ2) is 7.42. The fourth-order valence-electron chi connectivity index (χ4n) is 3.64. The second-order valence-corrected chi connectivity index (χ2v) is 7.26. The van der Waals surface area contributed by atoms with Crippen LogP contribution in [0, 0.1) is 20.8 Å². The molecule has 4 rings (SSSR count). The van der Waals surface area contributed by atoms with Crippen molar-refractivity contribution in [2.75, 3.05) is 31.1 Å². The summed E-state index contributed by atoms with van der Waals surface area (Å²) in [6, 6.07) is 7.99. The molecule has 0 saturated carbocycles. The van der Waals surface area contributed by atoms with Crippen molar-refractivity contribution >= 4 is 11.7 Å². The monoisotopic (exact) mass is 376 g/mol. The Morgan fingerprint density at radius 2 is 1.57 bits per heavy atom. The molecule has 0 unspecified atom stereocenters. The first-order valence-corrected chi connectivity index (χ1v) is 9.46. The van der Waals surface area contributed by atoms with Crippen LogP contribution >= 0.6 is 0 Å². The van der Waals surface area contributed by atoms with Gasteiger partial charge in [0.15, 0.2) is 0 Å². The summed E-state index contributed by atoms with van der Waals surface area (Å²) in [5, 5.41) is 0. The molecule has 2 aromatic heterocycles. The molecule has 1 saturated heterocycles. The van der Waals surface area contributed by atoms with Crippen molar-refractivity contribution in [2.24, 2.45) is 0 Å². The summed E-state index contributed by atoms with van der Waals surface area (Å²) in [6.45, 7) is 8.79. The van der Waals surface area contributed by atoms with Crippen molar-refractivity contribution in [1.82, 2.24) is 24.4 Å². The molecule has 28 heavy (non-hydrogen) atoms. The zero-order valence-electron chi connectivity index (χ0n) is 16.5. The van der Waals surface area contributed by atoms with Crippen LogP contribution < -0.4 is 4.90 Å². The lowest BCUT2D eigenvalue weighted by molar-refractivity contribution is 0.0746. The molecule has 0 bridgehead atoms. The van der Waals surface area contributed by atoms with Gasteiger partial charge in [-0.05, 0) is 32.9 Å². The molecule has 1 amide bonds. The number of hydrogen-bond acceptors (Lipinski definition) is 5. The second-order valence-electron chi connectivity index (χ2n) is 7.26. The van der Waals surface area contributed by atoms with Gasteiger partial charge in [0, 0.05) is 50.2 Å². The van der Waals surface area contributed by atoms with E-state index in [4.69, 9.17) is 0 Å². The number of amides is 1. The molecule has 0 spiro atoms. The van der Waals surface area contributed by atoms with Crippen LogP contribution in [0.15, 0.2) is 43.0 Å². The quantitative estimate of drug-likeness (QED) is 0.703. The average molecular weight is 376 g/mol. The van der Waals surface area contributed by atoms with E-state index in [1.807, 2.05) is 54.6 Å². The van der Waals surface area contributed by atoms with Crippen LogP contribution in [0.2, 0.25) is 0 Å². The zero-order valence-corrected chi connectivity index (χ0v) is 16.5. The Labute approximate surface area is 164 Å². The summed E-state index contributed by atoms with van der Waals surface area (Å²) in [5.74, 6) is 2.50. The lowest BCUT2D eigenvalue weighted by Gasteiger charge is -2.35. The van der Waals surface area contributed by atoms with Gasteiger partial charge in [-0.3, -0.25) is 9.36 Å². The molecule has 1 aliphatic rings. The fourth-order valence-corrected chi connectivity index (χ4v) is 3.64. The summed E-state index contributed by atoms with van der Waals surface area (Å²) < 4.78 is 1.87. The summed E-state index contributed by atoms with van der Waals surface area (Å²) >= 11 is 0. The smallest absolute Gasteiger partial charge is 0.253 e. The first-order valence-electron chi connectivity index (χ1n) is 9.46. The van der Waals surface area contributed by atoms with Crippen LogP contribution in [0.5, 0.6) is 0 Å². The van der Waals surface area contributed by atoms with Gasteiger partial charge < -0.3 is 9.80 Å². The van der Waals surface area contributed by atoms with Gasteiger partial charge in [-0.1, -0.05) is 17.2 Å². The number of anilines is 1. The third kappa shape index (κ3) is 3.74.